The summed E-state index contributed by atoms with van der Waals surface area (Å²) in [7, 11) is 1.83. The Morgan fingerprint density at radius 1 is 1.55 bits per heavy atom. The van der Waals surface area contributed by atoms with Crippen molar-refractivity contribution in [2.45, 2.75) is 39.0 Å². The second-order valence-electron chi connectivity index (χ2n) is 4.75. The SMILES string of the molecule is C=NC(=C)CCCc1cnc(NC)nc1C(C)/C=C\C. The fraction of sp³-hybridized carbons (Fsp3) is 0.438. The molecule has 1 aromatic heterocycles. The summed E-state index contributed by atoms with van der Waals surface area (Å²) in [5.41, 5.74) is 3.10. The molecular formula is C16H24N4. The second kappa shape index (κ2) is 8.25. The van der Waals surface area contributed by atoms with Gasteiger partial charge in [-0.1, -0.05) is 25.7 Å². The van der Waals surface area contributed by atoms with Crippen molar-refractivity contribution in [3.63, 3.8) is 0 Å². The van der Waals surface area contributed by atoms with E-state index in [1.54, 1.807) is 0 Å². The summed E-state index contributed by atoms with van der Waals surface area (Å²) in [5, 5.41) is 2.99. The van der Waals surface area contributed by atoms with Gasteiger partial charge >= 0.3 is 0 Å². The largest absolute Gasteiger partial charge is 0.357 e. The van der Waals surface area contributed by atoms with Gasteiger partial charge in [-0.05, 0) is 38.5 Å². The molecule has 1 N–H and O–H groups in total. The molecular weight excluding hydrogens is 248 g/mol. The maximum atomic E-state index is 4.60. The van der Waals surface area contributed by atoms with Crippen molar-refractivity contribution in [1.29, 1.82) is 0 Å². The van der Waals surface area contributed by atoms with E-state index in [0.29, 0.717) is 5.95 Å². The number of hydrogen-bond acceptors (Lipinski definition) is 4. The molecule has 0 bridgehead atoms. The van der Waals surface area contributed by atoms with Crippen LogP contribution < -0.4 is 5.32 Å². The number of aryl methyl sites for hydroxylation is 1. The number of hydrogen-bond donors (Lipinski definition) is 1. The molecule has 0 saturated heterocycles. The van der Waals surface area contributed by atoms with Crippen LogP contribution in [-0.4, -0.2) is 23.7 Å². The van der Waals surface area contributed by atoms with Crippen molar-refractivity contribution in [2.75, 3.05) is 12.4 Å². The van der Waals surface area contributed by atoms with Crippen LogP contribution in [0.1, 0.15) is 43.9 Å². The lowest BCUT2D eigenvalue weighted by Crippen LogP contribution is -2.06. The molecule has 4 nitrogen and oxygen atoms in total. The highest BCUT2D eigenvalue weighted by Crippen LogP contribution is 2.22. The predicted octanol–water partition coefficient (Wildman–Crippen LogP) is 3.73. The summed E-state index contributed by atoms with van der Waals surface area (Å²) >= 11 is 0. The third kappa shape index (κ3) is 4.61. The topological polar surface area (TPSA) is 50.2 Å². The van der Waals surface area contributed by atoms with E-state index >= 15 is 0 Å². The van der Waals surface area contributed by atoms with Gasteiger partial charge in [0.2, 0.25) is 5.95 Å². The van der Waals surface area contributed by atoms with Gasteiger partial charge in [0.1, 0.15) is 0 Å². The van der Waals surface area contributed by atoms with Crippen molar-refractivity contribution in [1.82, 2.24) is 9.97 Å². The number of aliphatic imine (C=N–C) groups is 1. The second-order valence-corrected chi connectivity index (χ2v) is 4.75. The Hall–Kier alpha value is -1.97. The Balaban J connectivity index is 2.87. The van der Waals surface area contributed by atoms with E-state index in [1.807, 2.05) is 20.2 Å². The molecule has 0 spiro atoms. The highest BCUT2D eigenvalue weighted by Gasteiger charge is 2.11. The standard InChI is InChI=1S/C16H24N4/c1-6-8-12(2)15-14(10-7-9-13(3)17-4)11-19-16(18-5)20-15/h6,8,11-12H,3-4,7,9-10H2,1-2,5H3,(H,18,19,20)/b8-6-. The summed E-state index contributed by atoms with van der Waals surface area (Å²) < 4.78 is 0. The molecule has 1 atom stereocenters. The molecule has 0 aliphatic heterocycles. The molecule has 0 aromatic carbocycles. The number of nitrogens with zero attached hydrogens (tertiary/aromatic N) is 3. The number of allylic oxidation sites excluding steroid dienone is 3. The molecule has 0 radical (unpaired) electrons. The fourth-order valence-electron chi connectivity index (χ4n) is 2.07. The highest BCUT2D eigenvalue weighted by atomic mass is 15.1. The number of rotatable bonds is 8. The smallest absolute Gasteiger partial charge is 0.222 e. The van der Waals surface area contributed by atoms with Crippen LogP contribution in [0.5, 0.6) is 0 Å². The zero-order valence-corrected chi connectivity index (χ0v) is 12.7. The van der Waals surface area contributed by atoms with Crippen LogP contribution in [0, 0.1) is 0 Å². The van der Waals surface area contributed by atoms with Crippen molar-refractivity contribution in [3.05, 3.63) is 41.9 Å². The normalized spacial score (nSPS) is 12.3. The monoisotopic (exact) mass is 272 g/mol. The van der Waals surface area contributed by atoms with Crippen molar-refractivity contribution < 1.29 is 0 Å². The third-order valence-electron chi connectivity index (χ3n) is 3.17. The lowest BCUT2D eigenvalue weighted by molar-refractivity contribution is 0.770. The van der Waals surface area contributed by atoms with Gasteiger partial charge in [-0.25, -0.2) is 9.97 Å². The fourth-order valence-corrected chi connectivity index (χ4v) is 2.07. The first kappa shape index (κ1) is 16.1. The first-order valence-electron chi connectivity index (χ1n) is 6.93. The number of aromatic nitrogens is 2. The van der Waals surface area contributed by atoms with E-state index < -0.39 is 0 Å². The Bertz CT molecular complexity index is 491. The highest BCUT2D eigenvalue weighted by molar-refractivity contribution is 5.32. The van der Waals surface area contributed by atoms with Crippen LogP contribution in [0.15, 0.2) is 35.6 Å². The Morgan fingerprint density at radius 2 is 2.30 bits per heavy atom. The Labute approximate surface area is 121 Å². The summed E-state index contributed by atoms with van der Waals surface area (Å²) in [6, 6.07) is 0. The lowest BCUT2D eigenvalue weighted by atomic mass is 9.99. The molecule has 1 aromatic rings. The number of anilines is 1. The van der Waals surface area contributed by atoms with E-state index in [4.69, 9.17) is 0 Å². The van der Waals surface area contributed by atoms with Crippen LogP contribution in [0.4, 0.5) is 5.95 Å². The van der Waals surface area contributed by atoms with Gasteiger partial charge in [0, 0.05) is 24.9 Å². The van der Waals surface area contributed by atoms with Crippen LogP contribution >= 0.6 is 0 Å². The lowest BCUT2D eigenvalue weighted by Gasteiger charge is -2.13. The maximum Gasteiger partial charge on any atom is 0.222 e. The maximum absolute atomic E-state index is 4.60. The van der Waals surface area contributed by atoms with Crippen molar-refractivity contribution >= 4 is 12.7 Å². The van der Waals surface area contributed by atoms with Gasteiger partial charge in [-0.2, -0.15) is 0 Å². The molecule has 1 rings (SSSR count). The minimum absolute atomic E-state index is 0.283. The van der Waals surface area contributed by atoms with E-state index in [0.717, 1.165) is 30.7 Å². The van der Waals surface area contributed by atoms with E-state index in [9.17, 15) is 0 Å². The molecule has 20 heavy (non-hydrogen) atoms. The summed E-state index contributed by atoms with van der Waals surface area (Å²) in [4.78, 5) is 12.7. The molecule has 0 aliphatic rings. The third-order valence-corrected chi connectivity index (χ3v) is 3.17. The van der Waals surface area contributed by atoms with Crippen molar-refractivity contribution in [2.24, 2.45) is 4.99 Å². The van der Waals surface area contributed by atoms with Crippen molar-refractivity contribution in [3.8, 4) is 0 Å². The average Bonchev–Trinajstić information content (AvgIpc) is 2.47. The Morgan fingerprint density at radius 3 is 2.90 bits per heavy atom. The minimum Gasteiger partial charge on any atom is -0.357 e. The predicted molar refractivity (Wildman–Crippen MR) is 86.4 cm³/mol. The summed E-state index contributed by atoms with van der Waals surface area (Å²) in [5.74, 6) is 0.947. The molecule has 0 amide bonds. The first-order valence-corrected chi connectivity index (χ1v) is 6.93. The van der Waals surface area contributed by atoms with Gasteiger partial charge in [0.25, 0.3) is 0 Å². The zero-order chi connectivity index (χ0) is 15.0. The minimum atomic E-state index is 0.283. The van der Waals surface area contributed by atoms with Crippen LogP contribution in [-0.2, 0) is 6.42 Å². The average molecular weight is 272 g/mol. The van der Waals surface area contributed by atoms with Gasteiger partial charge in [0.05, 0.1) is 5.69 Å². The molecule has 0 saturated carbocycles. The molecule has 1 unspecified atom stereocenters. The van der Waals surface area contributed by atoms with E-state index in [2.05, 4.69) is 52.6 Å². The van der Waals surface area contributed by atoms with Gasteiger partial charge in [-0.3, -0.25) is 4.99 Å². The van der Waals surface area contributed by atoms with Crippen LogP contribution in [0.25, 0.3) is 0 Å². The Kier molecular flexibility index (Phi) is 6.64. The number of nitrogens with one attached hydrogen (secondary N) is 1. The van der Waals surface area contributed by atoms with E-state index in [1.165, 1.54) is 5.56 Å². The first-order chi connectivity index (χ1) is 9.62. The molecule has 0 fully saturated rings. The molecule has 0 aliphatic carbocycles. The molecule has 1 heterocycles. The van der Waals surface area contributed by atoms with Crippen LogP contribution in [0.2, 0.25) is 0 Å². The summed E-state index contributed by atoms with van der Waals surface area (Å²) in [6.07, 6.45) is 8.88. The van der Waals surface area contributed by atoms with Crippen LogP contribution in [0.3, 0.4) is 0 Å². The molecule has 4 heteroatoms. The zero-order valence-electron chi connectivity index (χ0n) is 12.7. The van der Waals surface area contributed by atoms with Gasteiger partial charge in [-0.15, -0.1) is 0 Å². The van der Waals surface area contributed by atoms with Gasteiger partial charge < -0.3 is 5.32 Å². The quantitative estimate of drug-likeness (QED) is 0.579. The van der Waals surface area contributed by atoms with E-state index in [-0.39, 0.29) is 5.92 Å². The van der Waals surface area contributed by atoms with Gasteiger partial charge in [0.15, 0.2) is 0 Å². The molecule has 108 valence electrons. The summed E-state index contributed by atoms with van der Waals surface area (Å²) in [6.45, 7) is 11.5.